The third-order valence-electron chi connectivity index (χ3n) is 4.90. The molecule has 1 aliphatic heterocycles. The molecule has 1 aromatic carbocycles. The molecule has 0 radical (unpaired) electrons. The van der Waals surface area contributed by atoms with Crippen molar-refractivity contribution in [3.8, 4) is 0 Å². The standard InChI is InChI=1S/C18H28N2O2S/c1-4-18(14-21)9-11-20(12-10-18)13-15-5-7-16(8-6-15)23-17(22)19(2)3/h5-8,21H,4,9-14H2,1-3H3. The number of aliphatic hydroxyl groups is 1. The molecular weight excluding hydrogens is 308 g/mol. The predicted octanol–water partition coefficient (Wildman–Crippen LogP) is 3.44. The highest BCUT2D eigenvalue weighted by molar-refractivity contribution is 8.13. The summed E-state index contributed by atoms with van der Waals surface area (Å²) in [6.45, 7) is 5.52. The maximum Gasteiger partial charge on any atom is 0.285 e. The number of carbonyl (C=O) groups is 1. The van der Waals surface area contributed by atoms with Crippen molar-refractivity contribution >= 4 is 17.0 Å². The van der Waals surface area contributed by atoms with Crippen LogP contribution >= 0.6 is 11.8 Å². The van der Waals surface area contributed by atoms with Gasteiger partial charge in [-0.1, -0.05) is 19.1 Å². The zero-order valence-electron chi connectivity index (χ0n) is 14.4. The molecule has 0 spiro atoms. The van der Waals surface area contributed by atoms with Crippen LogP contribution in [-0.4, -0.2) is 53.9 Å². The second-order valence-corrected chi connectivity index (χ2v) is 7.72. The van der Waals surface area contributed by atoms with Gasteiger partial charge in [-0.3, -0.25) is 9.69 Å². The SMILES string of the molecule is CCC1(CO)CCN(Cc2ccc(SC(=O)N(C)C)cc2)CC1. The fraction of sp³-hybridized carbons (Fsp3) is 0.611. The molecule has 1 aliphatic rings. The van der Waals surface area contributed by atoms with Crippen LogP contribution in [0.4, 0.5) is 4.79 Å². The van der Waals surface area contributed by atoms with Gasteiger partial charge in [0.2, 0.25) is 0 Å². The number of piperidine rings is 1. The van der Waals surface area contributed by atoms with Crippen LogP contribution in [0.2, 0.25) is 0 Å². The average Bonchev–Trinajstić information content (AvgIpc) is 2.57. The van der Waals surface area contributed by atoms with Crippen LogP contribution < -0.4 is 0 Å². The van der Waals surface area contributed by atoms with Gasteiger partial charge in [-0.05, 0) is 67.2 Å². The molecule has 1 fully saturated rings. The number of hydrogen-bond acceptors (Lipinski definition) is 4. The van der Waals surface area contributed by atoms with Crippen molar-refractivity contribution in [1.29, 1.82) is 0 Å². The average molecular weight is 337 g/mol. The highest BCUT2D eigenvalue weighted by Gasteiger charge is 2.32. The third-order valence-corrected chi connectivity index (χ3v) is 5.95. The Bertz CT molecular complexity index is 502. The number of aliphatic hydroxyl groups excluding tert-OH is 1. The van der Waals surface area contributed by atoms with Crippen LogP contribution in [0.15, 0.2) is 29.2 Å². The van der Waals surface area contributed by atoms with Gasteiger partial charge in [-0.25, -0.2) is 0 Å². The first-order valence-corrected chi connectivity index (χ1v) is 9.11. The van der Waals surface area contributed by atoms with E-state index in [0.29, 0.717) is 6.61 Å². The summed E-state index contributed by atoms with van der Waals surface area (Å²) in [5, 5.41) is 9.66. The van der Waals surface area contributed by atoms with E-state index in [4.69, 9.17) is 0 Å². The van der Waals surface area contributed by atoms with Crippen molar-refractivity contribution in [2.24, 2.45) is 5.41 Å². The summed E-state index contributed by atoms with van der Waals surface area (Å²) in [7, 11) is 3.53. The number of rotatable bonds is 5. The fourth-order valence-corrected chi connectivity index (χ4v) is 3.58. The lowest BCUT2D eigenvalue weighted by Crippen LogP contribution is -2.41. The highest BCUT2D eigenvalue weighted by atomic mass is 32.2. The molecule has 1 saturated heterocycles. The molecule has 0 atom stereocenters. The zero-order valence-corrected chi connectivity index (χ0v) is 15.2. The van der Waals surface area contributed by atoms with Gasteiger partial charge in [0.25, 0.3) is 5.24 Å². The molecule has 0 aromatic heterocycles. The van der Waals surface area contributed by atoms with Crippen molar-refractivity contribution in [1.82, 2.24) is 9.80 Å². The lowest BCUT2D eigenvalue weighted by molar-refractivity contribution is 0.0382. The van der Waals surface area contributed by atoms with Gasteiger partial charge < -0.3 is 10.0 Å². The third kappa shape index (κ3) is 4.96. The summed E-state index contributed by atoms with van der Waals surface area (Å²) in [5.41, 5.74) is 1.42. The van der Waals surface area contributed by atoms with Crippen LogP contribution in [0.5, 0.6) is 0 Å². The monoisotopic (exact) mass is 336 g/mol. The van der Waals surface area contributed by atoms with Crippen molar-refractivity contribution in [2.75, 3.05) is 33.8 Å². The fourth-order valence-electron chi connectivity index (χ4n) is 2.92. The Hall–Kier alpha value is -1.04. The zero-order chi connectivity index (χ0) is 16.9. The number of nitrogens with zero attached hydrogens (tertiary/aromatic N) is 2. The number of thioether (sulfide) groups is 1. The first-order chi connectivity index (χ1) is 11.0. The lowest BCUT2D eigenvalue weighted by Gasteiger charge is -2.40. The topological polar surface area (TPSA) is 43.8 Å². The molecule has 2 rings (SSSR count). The maximum atomic E-state index is 11.7. The minimum atomic E-state index is 0.0497. The van der Waals surface area contributed by atoms with E-state index in [2.05, 4.69) is 24.0 Å². The van der Waals surface area contributed by atoms with Crippen molar-refractivity contribution in [3.05, 3.63) is 29.8 Å². The van der Waals surface area contributed by atoms with Crippen LogP contribution in [0.3, 0.4) is 0 Å². The Balaban J connectivity index is 1.86. The van der Waals surface area contributed by atoms with Crippen LogP contribution in [0.1, 0.15) is 31.7 Å². The quantitative estimate of drug-likeness (QED) is 0.837. The number of amides is 1. The first kappa shape index (κ1) is 18.3. The molecule has 0 unspecified atom stereocenters. The second-order valence-electron chi connectivity index (χ2n) is 6.69. The molecule has 4 nitrogen and oxygen atoms in total. The van der Waals surface area contributed by atoms with Gasteiger partial charge in [0.15, 0.2) is 0 Å². The molecule has 1 N–H and O–H groups in total. The molecular formula is C18H28N2O2S. The molecule has 1 amide bonds. The van der Waals surface area contributed by atoms with Crippen molar-refractivity contribution < 1.29 is 9.90 Å². The Kier molecular flexibility index (Phi) is 6.50. The Morgan fingerprint density at radius 3 is 2.35 bits per heavy atom. The minimum absolute atomic E-state index is 0.0497. The maximum absolute atomic E-state index is 11.7. The Labute approximate surface area is 143 Å². The van der Waals surface area contributed by atoms with E-state index in [9.17, 15) is 9.90 Å². The van der Waals surface area contributed by atoms with E-state index in [1.807, 2.05) is 12.1 Å². The summed E-state index contributed by atoms with van der Waals surface area (Å²) in [6, 6.07) is 8.27. The van der Waals surface area contributed by atoms with E-state index >= 15 is 0 Å². The van der Waals surface area contributed by atoms with E-state index in [1.54, 1.807) is 19.0 Å². The molecule has 1 aromatic rings. The lowest BCUT2D eigenvalue weighted by atomic mass is 9.77. The van der Waals surface area contributed by atoms with Gasteiger partial charge in [0, 0.05) is 32.1 Å². The molecule has 5 heteroatoms. The van der Waals surface area contributed by atoms with Crippen LogP contribution in [0.25, 0.3) is 0 Å². The number of likely N-dealkylation sites (tertiary alicyclic amines) is 1. The first-order valence-electron chi connectivity index (χ1n) is 8.29. The normalized spacial score (nSPS) is 17.9. The Morgan fingerprint density at radius 1 is 1.26 bits per heavy atom. The van der Waals surface area contributed by atoms with Gasteiger partial charge >= 0.3 is 0 Å². The highest BCUT2D eigenvalue weighted by Crippen LogP contribution is 2.34. The van der Waals surface area contributed by atoms with E-state index in [-0.39, 0.29) is 10.7 Å². The van der Waals surface area contributed by atoms with E-state index in [1.165, 1.54) is 17.3 Å². The van der Waals surface area contributed by atoms with Gasteiger partial charge in [-0.2, -0.15) is 0 Å². The Morgan fingerprint density at radius 2 is 1.87 bits per heavy atom. The summed E-state index contributed by atoms with van der Waals surface area (Å²) in [5.74, 6) is 0. The van der Waals surface area contributed by atoms with Crippen LogP contribution in [-0.2, 0) is 6.54 Å². The second kappa shape index (κ2) is 8.18. The van der Waals surface area contributed by atoms with Gasteiger partial charge in [0.1, 0.15) is 0 Å². The number of carbonyl (C=O) groups excluding carboxylic acids is 1. The van der Waals surface area contributed by atoms with Crippen LogP contribution in [0, 0.1) is 5.41 Å². The molecule has 0 bridgehead atoms. The van der Waals surface area contributed by atoms with E-state index in [0.717, 1.165) is 43.8 Å². The van der Waals surface area contributed by atoms with E-state index < -0.39 is 0 Å². The molecule has 1 heterocycles. The smallest absolute Gasteiger partial charge is 0.285 e. The summed E-state index contributed by atoms with van der Waals surface area (Å²) in [6.07, 6.45) is 3.21. The predicted molar refractivity (Wildman–Crippen MR) is 95.7 cm³/mol. The molecule has 23 heavy (non-hydrogen) atoms. The summed E-state index contributed by atoms with van der Waals surface area (Å²) in [4.78, 5) is 16.7. The minimum Gasteiger partial charge on any atom is -0.396 e. The summed E-state index contributed by atoms with van der Waals surface area (Å²) >= 11 is 1.26. The molecule has 0 aliphatic carbocycles. The number of hydrogen-bond donors (Lipinski definition) is 1. The number of benzene rings is 1. The van der Waals surface area contributed by atoms with Gasteiger partial charge in [0.05, 0.1) is 0 Å². The largest absolute Gasteiger partial charge is 0.396 e. The van der Waals surface area contributed by atoms with Crippen molar-refractivity contribution in [3.63, 3.8) is 0 Å². The van der Waals surface area contributed by atoms with Crippen molar-refractivity contribution in [2.45, 2.75) is 37.6 Å². The van der Waals surface area contributed by atoms with Gasteiger partial charge in [-0.15, -0.1) is 0 Å². The summed E-state index contributed by atoms with van der Waals surface area (Å²) < 4.78 is 0. The molecule has 128 valence electrons. The molecule has 0 saturated carbocycles.